The van der Waals surface area contributed by atoms with Crippen LogP contribution in [-0.2, 0) is 9.84 Å². The van der Waals surface area contributed by atoms with Crippen LogP contribution < -0.4 is 0 Å². The molecule has 0 fully saturated rings. The molecule has 5 heteroatoms. The van der Waals surface area contributed by atoms with E-state index in [-0.39, 0.29) is 16.2 Å². The Morgan fingerprint density at radius 1 is 1.35 bits per heavy atom. The van der Waals surface area contributed by atoms with Crippen LogP contribution in [0.15, 0.2) is 40.8 Å². The third-order valence-corrected chi connectivity index (χ3v) is 3.73. The van der Waals surface area contributed by atoms with Crippen LogP contribution in [0.25, 0.3) is 0 Å². The number of carboxylic acids is 1. The predicted molar refractivity (Wildman–Crippen MR) is 64.9 cm³/mol. The molecule has 0 heterocycles. The van der Waals surface area contributed by atoms with E-state index in [1.165, 1.54) is 24.3 Å². The summed E-state index contributed by atoms with van der Waals surface area (Å²) in [6.07, 6.45) is 1.60. The first-order valence-corrected chi connectivity index (χ1v) is 6.67. The average Bonchev–Trinajstić information content (AvgIpc) is 2.27. The van der Waals surface area contributed by atoms with E-state index in [4.69, 9.17) is 5.11 Å². The molecular weight excluding hydrogens is 240 g/mol. The van der Waals surface area contributed by atoms with Crippen molar-refractivity contribution in [2.75, 3.05) is 5.75 Å². The van der Waals surface area contributed by atoms with Crippen molar-refractivity contribution in [3.8, 4) is 0 Å². The third-order valence-electron chi connectivity index (χ3n) is 2.15. The van der Waals surface area contributed by atoms with E-state index < -0.39 is 15.8 Å². The van der Waals surface area contributed by atoms with Gasteiger partial charge in [-0.05, 0) is 32.0 Å². The zero-order valence-electron chi connectivity index (χ0n) is 9.67. The molecule has 0 atom stereocenters. The second-order valence-corrected chi connectivity index (χ2v) is 5.93. The lowest BCUT2D eigenvalue weighted by molar-refractivity contribution is 0.0696. The number of hydrogen-bond acceptors (Lipinski definition) is 3. The fourth-order valence-electron chi connectivity index (χ4n) is 1.20. The van der Waals surface area contributed by atoms with Crippen LogP contribution >= 0.6 is 0 Å². The monoisotopic (exact) mass is 254 g/mol. The van der Waals surface area contributed by atoms with Gasteiger partial charge in [-0.15, -0.1) is 0 Å². The molecule has 0 bridgehead atoms. The van der Waals surface area contributed by atoms with Gasteiger partial charge >= 0.3 is 5.97 Å². The quantitative estimate of drug-likeness (QED) is 0.835. The molecule has 0 saturated heterocycles. The van der Waals surface area contributed by atoms with Crippen LogP contribution in [0.5, 0.6) is 0 Å². The van der Waals surface area contributed by atoms with Gasteiger partial charge in [0.2, 0.25) is 0 Å². The van der Waals surface area contributed by atoms with Gasteiger partial charge in [0.1, 0.15) is 0 Å². The molecule has 4 nitrogen and oxygen atoms in total. The molecule has 0 aliphatic carbocycles. The summed E-state index contributed by atoms with van der Waals surface area (Å²) in [7, 11) is -3.45. The van der Waals surface area contributed by atoms with E-state index in [9.17, 15) is 13.2 Å². The topological polar surface area (TPSA) is 71.4 Å². The Morgan fingerprint density at radius 3 is 2.53 bits per heavy atom. The van der Waals surface area contributed by atoms with Crippen molar-refractivity contribution in [2.24, 2.45) is 0 Å². The normalized spacial score (nSPS) is 10.9. The zero-order valence-corrected chi connectivity index (χ0v) is 10.5. The summed E-state index contributed by atoms with van der Waals surface area (Å²) in [5.41, 5.74) is 0.881. The summed E-state index contributed by atoms with van der Waals surface area (Å²) in [5, 5.41) is 8.79. The van der Waals surface area contributed by atoms with E-state index in [2.05, 4.69) is 0 Å². The first-order chi connectivity index (χ1) is 7.83. The van der Waals surface area contributed by atoms with Crippen molar-refractivity contribution in [1.29, 1.82) is 0 Å². The molecule has 0 saturated carbocycles. The van der Waals surface area contributed by atoms with Gasteiger partial charge in [0.15, 0.2) is 9.84 Å². The molecule has 0 radical (unpaired) electrons. The number of benzene rings is 1. The van der Waals surface area contributed by atoms with Crippen LogP contribution in [0.3, 0.4) is 0 Å². The molecule has 0 spiro atoms. The summed E-state index contributed by atoms with van der Waals surface area (Å²) in [5.74, 6) is -1.25. The Morgan fingerprint density at radius 2 is 2.00 bits per heavy atom. The number of allylic oxidation sites excluding steroid dienone is 1. The zero-order chi connectivity index (χ0) is 13.1. The largest absolute Gasteiger partial charge is 0.478 e. The molecule has 0 aliphatic heterocycles. The Labute approximate surface area is 101 Å². The molecular formula is C12H14O4S. The van der Waals surface area contributed by atoms with Crippen molar-refractivity contribution in [3.05, 3.63) is 41.5 Å². The molecule has 0 aliphatic rings. The highest BCUT2D eigenvalue weighted by molar-refractivity contribution is 7.91. The van der Waals surface area contributed by atoms with Gasteiger partial charge < -0.3 is 5.11 Å². The minimum Gasteiger partial charge on any atom is -0.478 e. The highest BCUT2D eigenvalue weighted by Gasteiger charge is 2.14. The Bertz CT molecular complexity index is 552. The molecule has 92 valence electrons. The molecule has 1 aromatic rings. The van der Waals surface area contributed by atoms with E-state index in [1.54, 1.807) is 6.08 Å². The summed E-state index contributed by atoms with van der Waals surface area (Å²) in [6.45, 7) is 3.62. The van der Waals surface area contributed by atoms with Crippen LogP contribution in [0, 0.1) is 0 Å². The summed E-state index contributed by atoms with van der Waals surface area (Å²) in [4.78, 5) is 10.8. The Hall–Kier alpha value is -1.62. The number of rotatable bonds is 4. The minimum absolute atomic E-state index is 0.0247. The molecule has 1 aromatic carbocycles. The van der Waals surface area contributed by atoms with Gasteiger partial charge in [-0.2, -0.15) is 0 Å². The second kappa shape index (κ2) is 5.14. The predicted octanol–water partition coefficient (Wildman–Crippen LogP) is 2.12. The van der Waals surface area contributed by atoms with E-state index in [1.807, 2.05) is 13.8 Å². The highest BCUT2D eigenvalue weighted by Crippen LogP contribution is 2.14. The molecule has 0 unspecified atom stereocenters. The number of carbonyl (C=O) groups is 1. The van der Waals surface area contributed by atoms with Crippen molar-refractivity contribution in [1.82, 2.24) is 0 Å². The lowest BCUT2D eigenvalue weighted by atomic mass is 10.2. The SMILES string of the molecule is CC(C)=CCS(=O)(=O)c1cccc(C(=O)O)c1. The summed E-state index contributed by atoms with van der Waals surface area (Å²) >= 11 is 0. The maximum Gasteiger partial charge on any atom is 0.335 e. The number of sulfone groups is 1. The smallest absolute Gasteiger partial charge is 0.335 e. The van der Waals surface area contributed by atoms with Gasteiger partial charge in [0.25, 0.3) is 0 Å². The van der Waals surface area contributed by atoms with E-state index in [0.29, 0.717) is 0 Å². The minimum atomic E-state index is -3.45. The van der Waals surface area contributed by atoms with Crippen LogP contribution in [0.2, 0.25) is 0 Å². The summed E-state index contributed by atoms with van der Waals surface area (Å²) < 4.78 is 23.7. The lowest BCUT2D eigenvalue weighted by Crippen LogP contribution is -2.07. The van der Waals surface area contributed by atoms with Crippen LogP contribution in [-0.4, -0.2) is 25.2 Å². The van der Waals surface area contributed by atoms with E-state index >= 15 is 0 Å². The summed E-state index contributed by atoms with van der Waals surface area (Å²) in [6, 6.07) is 5.37. The van der Waals surface area contributed by atoms with Crippen molar-refractivity contribution in [2.45, 2.75) is 18.7 Å². The Kier molecular flexibility index (Phi) is 4.07. The molecule has 17 heavy (non-hydrogen) atoms. The molecule has 1 rings (SSSR count). The number of aromatic carboxylic acids is 1. The lowest BCUT2D eigenvalue weighted by Gasteiger charge is -2.03. The highest BCUT2D eigenvalue weighted by atomic mass is 32.2. The maximum absolute atomic E-state index is 11.9. The fourth-order valence-corrected chi connectivity index (χ4v) is 2.53. The maximum atomic E-state index is 11.9. The number of hydrogen-bond donors (Lipinski definition) is 1. The molecule has 0 amide bonds. The third kappa shape index (κ3) is 3.71. The van der Waals surface area contributed by atoms with Gasteiger partial charge in [0, 0.05) is 0 Å². The van der Waals surface area contributed by atoms with Gasteiger partial charge in [-0.25, -0.2) is 13.2 Å². The van der Waals surface area contributed by atoms with Crippen LogP contribution in [0.4, 0.5) is 0 Å². The molecule has 0 aromatic heterocycles. The first-order valence-electron chi connectivity index (χ1n) is 5.02. The standard InChI is InChI=1S/C12H14O4S/c1-9(2)6-7-17(15,16)11-5-3-4-10(8-11)12(13)14/h3-6,8H,7H2,1-2H3,(H,13,14). The average molecular weight is 254 g/mol. The van der Waals surface area contributed by atoms with E-state index in [0.717, 1.165) is 5.57 Å². The first kappa shape index (κ1) is 13.4. The van der Waals surface area contributed by atoms with Crippen molar-refractivity contribution < 1.29 is 18.3 Å². The molecule has 1 N–H and O–H groups in total. The van der Waals surface area contributed by atoms with Crippen LogP contribution in [0.1, 0.15) is 24.2 Å². The van der Waals surface area contributed by atoms with Crippen molar-refractivity contribution in [3.63, 3.8) is 0 Å². The fraction of sp³-hybridized carbons (Fsp3) is 0.250. The second-order valence-electron chi connectivity index (χ2n) is 3.90. The van der Waals surface area contributed by atoms with Gasteiger partial charge in [-0.3, -0.25) is 0 Å². The Balaban J connectivity index is 3.11. The number of carboxylic acid groups (broad SMARTS) is 1. The van der Waals surface area contributed by atoms with Gasteiger partial charge in [-0.1, -0.05) is 17.7 Å². The van der Waals surface area contributed by atoms with Crippen molar-refractivity contribution >= 4 is 15.8 Å². The van der Waals surface area contributed by atoms with Gasteiger partial charge in [0.05, 0.1) is 16.2 Å².